The van der Waals surface area contributed by atoms with Crippen LogP contribution in [0.5, 0.6) is 0 Å². The maximum Gasteiger partial charge on any atom is 0.336 e. The summed E-state index contributed by atoms with van der Waals surface area (Å²) >= 11 is 1.53. The summed E-state index contributed by atoms with van der Waals surface area (Å²) in [6, 6.07) is 3.78. The van der Waals surface area contributed by atoms with Crippen LogP contribution in [0.4, 0.5) is 0 Å². The number of aliphatic carboxylic acids is 1. The van der Waals surface area contributed by atoms with Gasteiger partial charge in [0.2, 0.25) is 0 Å². The van der Waals surface area contributed by atoms with Gasteiger partial charge >= 0.3 is 5.97 Å². The first kappa shape index (κ1) is 10.2. The molecule has 5 heteroatoms. The van der Waals surface area contributed by atoms with Crippen LogP contribution in [0.25, 0.3) is 0 Å². The van der Waals surface area contributed by atoms with Crippen molar-refractivity contribution in [3.05, 3.63) is 22.4 Å². The zero-order valence-electron chi connectivity index (χ0n) is 6.56. The number of thiophene rings is 1. The Balaban J connectivity index is 0.000000720. The summed E-state index contributed by atoms with van der Waals surface area (Å²) in [4.78, 5) is 11.3. The van der Waals surface area contributed by atoms with Crippen LogP contribution in [-0.2, 0) is 9.53 Å². The minimum absolute atomic E-state index is 0. The second-order valence-corrected chi connectivity index (χ2v) is 3.31. The van der Waals surface area contributed by atoms with E-state index in [0.29, 0.717) is 0 Å². The topological polar surface area (TPSA) is 49.8 Å². The van der Waals surface area contributed by atoms with E-state index in [1.54, 1.807) is 0 Å². The van der Waals surface area contributed by atoms with Crippen LogP contribution in [0, 0.1) is 0 Å². The van der Waals surface area contributed by atoms with Crippen LogP contribution in [-0.4, -0.2) is 46.7 Å². The fraction of sp³-hybridized carbons (Fsp3) is 0.286. The molecule has 1 aromatic heterocycles. The normalized spacial score (nSPS) is 26.0. The summed E-state index contributed by atoms with van der Waals surface area (Å²) in [5, 5.41) is 10.4. The van der Waals surface area contributed by atoms with E-state index in [2.05, 4.69) is 0 Å². The fourth-order valence-corrected chi connectivity index (χ4v) is 1.75. The van der Waals surface area contributed by atoms with Crippen molar-refractivity contribution in [2.75, 3.05) is 0 Å². The van der Waals surface area contributed by atoms with E-state index in [-0.39, 0.29) is 35.7 Å². The van der Waals surface area contributed by atoms with Gasteiger partial charge in [0.25, 0.3) is 0 Å². The molecule has 0 aromatic carbocycles. The van der Waals surface area contributed by atoms with Crippen LogP contribution in [0.1, 0.15) is 11.0 Å². The van der Waals surface area contributed by atoms with Gasteiger partial charge in [0.15, 0.2) is 6.10 Å². The van der Waals surface area contributed by atoms with E-state index in [1.807, 2.05) is 17.5 Å². The van der Waals surface area contributed by atoms with Crippen LogP contribution in [0.2, 0.25) is 0 Å². The van der Waals surface area contributed by atoms with E-state index in [4.69, 9.17) is 9.84 Å². The maximum atomic E-state index is 10.3. The van der Waals surface area contributed by atoms with Crippen molar-refractivity contribution < 1.29 is 14.6 Å². The second kappa shape index (κ2) is 3.89. The van der Waals surface area contributed by atoms with Crippen LogP contribution in [0.3, 0.4) is 0 Å². The largest absolute Gasteiger partial charge is 0.479 e. The third-order valence-corrected chi connectivity index (χ3v) is 2.49. The van der Waals surface area contributed by atoms with Crippen LogP contribution in [0.15, 0.2) is 17.5 Å². The molecular formula is C7H6NaO3S. The number of carboxylic acid groups (broad SMARTS) is 1. The molecule has 3 nitrogen and oxygen atoms in total. The third-order valence-electron chi connectivity index (χ3n) is 1.56. The Hall–Kier alpha value is 0.130. The first-order valence-corrected chi connectivity index (χ1v) is 4.08. The van der Waals surface area contributed by atoms with Gasteiger partial charge in [-0.15, -0.1) is 11.3 Å². The molecule has 1 aliphatic rings. The van der Waals surface area contributed by atoms with Gasteiger partial charge in [0.1, 0.15) is 6.10 Å². The van der Waals surface area contributed by atoms with Gasteiger partial charge in [0.05, 0.1) is 0 Å². The predicted octanol–water partition coefficient (Wildman–Crippen LogP) is 0.892. The molecule has 0 aliphatic carbocycles. The molecule has 2 heterocycles. The molecule has 0 amide bonds. The second-order valence-electron chi connectivity index (χ2n) is 2.33. The minimum atomic E-state index is -0.872. The molecule has 0 bridgehead atoms. The number of ether oxygens (including phenoxy) is 1. The Morgan fingerprint density at radius 3 is 2.83 bits per heavy atom. The summed E-state index contributed by atoms with van der Waals surface area (Å²) in [5.74, 6) is -0.872. The average molecular weight is 193 g/mol. The number of rotatable bonds is 2. The average Bonchev–Trinajstić information content (AvgIpc) is 2.60. The molecule has 1 fully saturated rings. The molecule has 2 rings (SSSR count). The Morgan fingerprint density at radius 2 is 2.42 bits per heavy atom. The summed E-state index contributed by atoms with van der Waals surface area (Å²) in [5.41, 5.74) is 0. The summed E-state index contributed by atoms with van der Waals surface area (Å²) in [6.07, 6.45) is -0.791. The molecular weight excluding hydrogens is 187 g/mol. The molecule has 1 aromatic rings. The van der Waals surface area contributed by atoms with E-state index in [9.17, 15) is 4.79 Å². The number of hydrogen-bond donors (Lipinski definition) is 1. The molecule has 0 saturated carbocycles. The number of epoxide rings is 1. The zero-order valence-corrected chi connectivity index (χ0v) is 9.38. The molecule has 2 atom stereocenters. The van der Waals surface area contributed by atoms with Crippen molar-refractivity contribution in [3.8, 4) is 0 Å². The van der Waals surface area contributed by atoms with Gasteiger partial charge < -0.3 is 9.84 Å². The molecule has 12 heavy (non-hydrogen) atoms. The number of hydrogen-bond acceptors (Lipinski definition) is 3. The Labute approximate surface area is 95.6 Å². The van der Waals surface area contributed by atoms with Crippen LogP contribution < -0.4 is 0 Å². The smallest absolute Gasteiger partial charge is 0.336 e. The van der Waals surface area contributed by atoms with E-state index < -0.39 is 12.1 Å². The van der Waals surface area contributed by atoms with Crippen LogP contribution >= 0.6 is 11.3 Å². The Morgan fingerprint density at radius 1 is 1.67 bits per heavy atom. The van der Waals surface area contributed by atoms with Gasteiger partial charge in [-0.2, -0.15) is 0 Å². The summed E-state index contributed by atoms with van der Waals surface area (Å²) in [7, 11) is 0. The Bertz CT molecular complexity index is 272. The quantitative estimate of drug-likeness (QED) is 0.560. The molecule has 1 N–H and O–H groups in total. The first-order valence-electron chi connectivity index (χ1n) is 3.20. The molecule has 0 spiro atoms. The van der Waals surface area contributed by atoms with Gasteiger partial charge in [-0.3, -0.25) is 0 Å². The van der Waals surface area contributed by atoms with E-state index in [1.165, 1.54) is 11.3 Å². The van der Waals surface area contributed by atoms with Gasteiger partial charge in [-0.05, 0) is 11.4 Å². The molecule has 59 valence electrons. The van der Waals surface area contributed by atoms with Gasteiger partial charge in [0, 0.05) is 34.4 Å². The molecule has 1 radical (unpaired) electrons. The Kier molecular flexibility index (Phi) is 3.31. The summed E-state index contributed by atoms with van der Waals surface area (Å²) in [6.45, 7) is 0. The SMILES string of the molecule is O=C(O)C1OC1c1cccs1.[Na]. The van der Waals surface area contributed by atoms with Crippen molar-refractivity contribution in [2.24, 2.45) is 0 Å². The predicted molar refractivity (Wildman–Crippen MR) is 45.3 cm³/mol. The van der Waals surface area contributed by atoms with Gasteiger partial charge in [-0.1, -0.05) is 6.07 Å². The van der Waals surface area contributed by atoms with E-state index >= 15 is 0 Å². The van der Waals surface area contributed by atoms with E-state index in [0.717, 1.165) is 4.88 Å². The molecule has 1 aliphatic heterocycles. The van der Waals surface area contributed by atoms with Crippen molar-refractivity contribution >= 4 is 46.9 Å². The monoisotopic (exact) mass is 193 g/mol. The fourth-order valence-electron chi connectivity index (χ4n) is 0.970. The van der Waals surface area contributed by atoms with Crippen molar-refractivity contribution in [1.29, 1.82) is 0 Å². The molecule has 1 saturated heterocycles. The third kappa shape index (κ3) is 1.89. The minimum Gasteiger partial charge on any atom is -0.479 e. The first-order chi connectivity index (χ1) is 5.29. The number of carboxylic acids is 1. The standard InChI is InChI=1S/C7H6O3S.Na/c8-7(9)6-5(10-6)4-2-1-3-11-4;/h1-3,5-6H,(H,8,9);. The summed E-state index contributed by atoms with van der Waals surface area (Å²) < 4.78 is 4.93. The zero-order chi connectivity index (χ0) is 7.84. The van der Waals surface area contributed by atoms with Crippen molar-refractivity contribution in [3.63, 3.8) is 0 Å². The van der Waals surface area contributed by atoms with Gasteiger partial charge in [-0.25, -0.2) is 4.79 Å². The van der Waals surface area contributed by atoms with Crippen molar-refractivity contribution in [1.82, 2.24) is 0 Å². The maximum absolute atomic E-state index is 10.3. The number of carbonyl (C=O) groups is 1. The molecule has 2 unspecified atom stereocenters. The van der Waals surface area contributed by atoms with Crippen molar-refractivity contribution in [2.45, 2.75) is 12.2 Å².